The number of carbonyl (C=O) groups excluding carboxylic acids is 1. The first kappa shape index (κ1) is 21.7. The average Bonchev–Trinajstić information content (AvgIpc) is 3.54. The van der Waals surface area contributed by atoms with E-state index in [0.717, 1.165) is 11.3 Å². The highest BCUT2D eigenvalue weighted by molar-refractivity contribution is 5.68. The lowest BCUT2D eigenvalue weighted by Crippen LogP contribution is -2.35. The van der Waals surface area contributed by atoms with Gasteiger partial charge < -0.3 is 15.4 Å². The van der Waals surface area contributed by atoms with Crippen LogP contribution in [0.2, 0.25) is 0 Å². The Morgan fingerprint density at radius 2 is 2.09 bits per heavy atom. The van der Waals surface area contributed by atoms with Crippen molar-refractivity contribution in [2.24, 2.45) is 0 Å². The van der Waals surface area contributed by atoms with Gasteiger partial charge in [0, 0.05) is 60.1 Å². The number of anilines is 2. The fourth-order valence-corrected chi connectivity index (χ4v) is 4.05. The maximum absolute atomic E-state index is 14.5. The summed E-state index contributed by atoms with van der Waals surface area (Å²) in [4.78, 5) is 29.0. The molecular weight excluding hydrogens is 441 g/mol. The first-order valence-corrected chi connectivity index (χ1v) is 11.0. The number of nitrogens with one attached hydrogen (secondary N) is 3. The molecule has 1 aliphatic rings. The van der Waals surface area contributed by atoms with Crippen LogP contribution in [0.25, 0.3) is 16.9 Å². The van der Waals surface area contributed by atoms with Gasteiger partial charge >= 0.3 is 6.09 Å². The maximum atomic E-state index is 14.5. The molecule has 0 spiro atoms. The molecule has 0 unspecified atom stereocenters. The molecule has 0 aromatic carbocycles. The van der Waals surface area contributed by atoms with E-state index in [0.29, 0.717) is 29.5 Å². The van der Waals surface area contributed by atoms with Gasteiger partial charge in [-0.3, -0.25) is 9.50 Å². The molecule has 3 N–H and O–H groups in total. The van der Waals surface area contributed by atoms with Crippen molar-refractivity contribution in [3.63, 3.8) is 0 Å². The summed E-state index contributed by atoms with van der Waals surface area (Å²) < 4.78 is 21.6. The van der Waals surface area contributed by atoms with Crippen LogP contribution in [0.3, 0.4) is 0 Å². The zero-order valence-electron chi connectivity index (χ0n) is 18.6. The van der Waals surface area contributed by atoms with Gasteiger partial charge in [-0.2, -0.15) is 5.10 Å². The molecule has 4 heterocycles. The number of hydrogen-bond donors (Lipinski definition) is 3. The Morgan fingerprint density at radius 1 is 1.26 bits per heavy atom. The average molecular weight is 465 g/mol. The van der Waals surface area contributed by atoms with E-state index in [1.165, 1.54) is 6.33 Å². The fraction of sp³-hybridized carbons (Fsp3) is 0.364. The van der Waals surface area contributed by atoms with Crippen molar-refractivity contribution in [3.05, 3.63) is 48.9 Å². The number of carbonyl (C=O) groups is 1. The summed E-state index contributed by atoms with van der Waals surface area (Å²) in [6, 6.07) is 3.58. The van der Waals surface area contributed by atoms with Gasteiger partial charge in [0.05, 0.1) is 5.69 Å². The van der Waals surface area contributed by atoms with Crippen LogP contribution < -0.4 is 10.6 Å². The van der Waals surface area contributed by atoms with E-state index in [9.17, 15) is 9.18 Å². The van der Waals surface area contributed by atoms with E-state index in [4.69, 9.17) is 4.74 Å². The van der Waals surface area contributed by atoms with Gasteiger partial charge in [-0.25, -0.2) is 29.1 Å². The van der Waals surface area contributed by atoms with Crippen molar-refractivity contribution in [1.82, 2.24) is 39.9 Å². The second-order valence-electron chi connectivity index (χ2n) is 8.51. The van der Waals surface area contributed by atoms with Crippen LogP contribution in [0.4, 0.5) is 21.0 Å². The van der Waals surface area contributed by atoms with E-state index in [-0.39, 0.29) is 18.4 Å². The zero-order chi connectivity index (χ0) is 23.7. The lowest BCUT2D eigenvalue weighted by molar-refractivity contribution is 0.0593. The van der Waals surface area contributed by atoms with Crippen LogP contribution in [0.15, 0.2) is 43.2 Å². The molecule has 34 heavy (non-hydrogen) atoms. The summed E-state index contributed by atoms with van der Waals surface area (Å²) in [5.41, 5.74) is 2.87. The lowest BCUT2D eigenvalue weighted by atomic mass is 10.0. The van der Waals surface area contributed by atoms with Crippen molar-refractivity contribution in [3.8, 4) is 11.3 Å². The predicted octanol–water partition coefficient (Wildman–Crippen LogP) is 3.37. The summed E-state index contributed by atoms with van der Waals surface area (Å²) in [5.74, 6) is 0.883. The quantitative estimate of drug-likeness (QED) is 0.394. The Bertz CT molecular complexity index is 1290. The number of fused-ring (bicyclic) bond motifs is 1. The van der Waals surface area contributed by atoms with E-state index in [2.05, 4.69) is 40.8 Å². The van der Waals surface area contributed by atoms with E-state index in [1.54, 1.807) is 29.2 Å². The predicted molar refractivity (Wildman–Crippen MR) is 121 cm³/mol. The third kappa shape index (κ3) is 4.51. The van der Waals surface area contributed by atoms with Gasteiger partial charge in [0.15, 0.2) is 5.82 Å². The summed E-state index contributed by atoms with van der Waals surface area (Å²) >= 11 is 0. The topological polar surface area (TPSA) is 135 Å². The number of alkyl carbamates (subject to hydrolysis) is 1. The van der Waals surface area contributed by atoms with Gasteiger partial charge in [0.25, 0.3) is 0 Å². The number of hydrogen-bond acceptors (Lipinski definition) is 8. The number of aromatic amines is 1. The summed E-state index contributed by atoms with van der Waals surface area (Å²) in [5, 5.41) is 13.1. The molecule has 11 nitrogen and oxygen atoms in total. The lowest BCUT2D eigenvalue weighted by Gasteiger charge is -2.16. The zero-order valence-corrected chi connectivity index (χ0v) is 18.6. The highest BCUT2D eigenvalue weighted by Gasteiger charge is 2.38. The molecule has 4 aromatic heterocycles. The summed E-state index contributed by atoms with van der Waals surface area (Å²) in [6.45, 7) is 3.64. The number of imidazole rings is 1. The van der Waals surface area contributed by atoms with Crippen molar-refractivity contribution >= 4 is 23.5 Å². The van der Waals surface area contributed by atoms with E-state index in [1.807, 2.05) is 26.0 Å². The SMILES string of the molecule is CC(C)NC(=O)O[C@H]1C[C@@H](c2cc(Nc3nc(-c4cncnc4)cc4nccn34)n[nH]2)C[C@H]1F. The second kappa shape index (κ2) is 9.04. The molecule has 176 valence electrons. The van der Waals surface area contributed by atoms with Gasteiger partial charge in [-0.15, -0.1) is 0 Å². The Kier molecular flexibility index (Phi) is 5.78. The Balaban J connectivity index is 1.32. The number of nitrogens with zero attached hydrogens (tertiary/aromatic N) is 6. The highest BCUT2D eigenvalue weighted by Crippen LogP contribution is 2.38. The van der Waals surface area contributed by atoms with Crippen molar-refractivity contribution in [1.29, 1.82) is 0 Å². The first-order valence-electron chi connectivity index (χ1n) is 11.0. The van der Waals surface area contributed by atoms with Crippen LogP contribution in [0, 0.1) is 0 Å². The van der Waals surface area contributed by atoms with Gasteiger partial charge in [0.1, 0.15) is 24.3 Å². The van der Waals surface area contributed by atoms with Gasteiger partial charge in [0.2, 0.25) is 5.95 Å². The number of H-pyrrole nitrogens is 1. The highest BCUT2D eigenvalue weighted by atomic mass is 19.1. The van der Waals surface area contributed by atoms with Crippen LogP contribution >= 0.6 is 0 Å². The molecular formula is C22H24FN9O2. The molecule has 12 heteroatoms. The molecule has 4 aromatic rings. The van der Waals surface area contributed by atoms with Gasteiger partial charge in [-0.1, -0.05) is 0 Å². The van der Waals surface area contributed by atoms with Crippen LogP contribution in [0.5, 0.6) is 0 Å². The molecule has 0 radical (unpaired) electrons. The maximum Gasteiger partial charge on any atom is 0.407 e. The van der Waals surface area contributed by atoms with Crippen LogP contribution in [-0.2, 0) is 4.74 Å². The molecule has 5 rings (SSSR count). The number of amides is 1. The number of halogens is 1. The smallest absolute Gasteiger partial charge is 0.407 e. The largest absolute Gasteiger partial charge is 0.443 e. The van der Waals surface area contributed by atoms with Crippen molar-refractivity contribution < 1.29 is 13.9 Å². The van der Waals surface area contributed by atoms with E-state index < -0.39 is 18.4 Å². The standard InChI is InChI=1S/C22H24FN9O2/c1-12(2)27-22(33)34-18-6-13(5-15(18)23)17-7-19(31-30-17)29-21-28-16(14-9-24-11-25-10-14)8-20-26-3-4-32(20)21/h3-4,7-13,15,18H,5-6H2,1-2H3,(H,27,33)(H2,28,29,30,31)/t13-,15+,18-/m0/s1. The number of rotatable bonds is 6. The minimum Gasteiger partial charge on any atom is -0.443 e. The molecule has 3 atom stereocenters. The van der Waals surface area contributed by atoms with Crippen molar-refractivity contribution in [2.75, 3.05) is 5.32 Å². The number of alkyl halides is 1. The summed E-state index contributed by atoms with van der Waals surface area (Å²) in [6.07, 6.45) is 6.28. The monoisotopic (exact) mass is 465 g/mol. The third-order valence-electron chi connectivity index (χ3n) is 5.62. The molecule has 1 fully saturated rings. The Hall–Kier alpha value is -4.09. The first-order chi connectivity index (χ1) is 16.5. The third-order valence-corrected chi connectivity index (χ3v) is 5.62. The second-order valence-corrected chi connectivity index (χ2v) is 8.51. The van der Waals surface area contributed by atoms with Crippen molar-refractivity contribution in [2.45, 2.75) is 50.9 Å². The number of aromatic nitrogens is 7. The molecule has 0 aliphatic heterocycles. The Labute approximate surface area is 194 Å². The summed E-state index contributed by atoms with van der Waals surface area (Å²) in [7, 11) is 0. The minimum atomic E-state index is -1.24. The molecule has 0 saturated heterocycles. The van der Waals surface area contributed by atoms with Crippen LogP contribution in [-0.4, -0.2) is 58.9 Å². The molecule has 1 amide bonds. The molecule has 0 bridgehead atoms. The molecule has 1 aliphatic carbocycles. The Morgan fingerprint density at radius 3 is 2.88 bits per heavy atom. The molecule has 1 saturated carbocycles. The fourth-order valence-electron chi connectivity index (χ4n) is 4.05. The van der Waals surface area contributed by atoms with Crippen LogP contribution in [0.1, 0.15) is 38.3 Å². The van der Waals surface area contributed by atoms with Gasteiger partial charge in [-0.05, 0) is 26.7 Å². The van der Waals surface area contributed by atoms with E-state index >= 15 is 0 Å². The number of ether oxygens (including phenoxy) is 1. The minimum absolute atomic E-state index is 0.0764. The normalized spacial score (nSPS) is 20.1.